The van der Waals surface area contributed by atoms with Gasteiger partial charge in [0.25, 0.3) is 5.56 Å². The van der Waals surface area contributed by atoms with E-state index in [9.17, 15) is 4.79 Å². The summed E-state index contributed by atoms with van der Waals surface area (Å²) in [5, 5.41) is 0.759. The normalized spacial score (nSPS) is 10.4. The first kappa shape index (κ1) is 12.9. The van der Waals surface area contributed by atoms with Gasteiger partial charge in [-0.1, -0.05) is 23.2 Å². The van der Waals surface area contributed by atoms with Gasteiger partial charge < -0.3 is 4.74 Å². The van der Waals surface area contributed by atoms with Gasteiger partial charge in [-0.25, -0.2) is 4.98 Å². The minimum Gasteiger partial charge on any atom is -0.496 e. The molecular weight excluding hydrogens is 275 g/mol. The fourth-order valence-electron chi connectivity index (χ4n) is 1.58. The van der Waals surface area contributed by atoms with Crippen LogP contribution < -0.4 is 10.3 Å². The molecule has 0 aliphatic carbocycles. The van der Waals surface area contributed by atoms with Gasteiger partial charge in [0.1, 0.15) is 10.9 Å². The number of aromatic nitrogens is 2. The van der Waals surface area contributed by atoms with Crippen LogP contribution in [-0.4, -0.2) is 16.7 Å². The van der Waals surface area contributed by atoms with Crippen LogP contribution in [-0.2, 0) is 6.54 Å². The van der Waals surface area contributed by atoms with Gasteiger partial charge in [-0.3, -0.25) is 9.36 Å². The van der Waals surface area contributed by atoms with Gasteiger partial charge in [0.2, 0.25) is 0 Å². The second kappa shape index (κ2) is 5.42. The van der Waals surface area contributed by atoms with Gasteiger partial charge >= 0.3 is 0 Å². The largest absolute Gasteiger partial charge is 0.496 e. The summed E-state index contributed by atoms with van der Waals surface area (Å²) in [6, 6.07) is 6.50. The zero-order valence-electron chi connectivity index (χ0n) is 9.56. The molecule has 1 heterocycles. The zero-order chi connectivity index (χ0) is 13.1. The average molecular weight is 285 g/mol. The van der Waals surface area contributed by atoms with Crippen LogP contribution in [0.4, 0.5) is 0 Å². The van der Waals surface area contributed by atoms with Gasteiger partial charge in [-0.15, -0.1) is 0 Å². The Morgan fingerprint density at radius 1 is 1.33 bits per heavy atom. The quantitative estimate of drug-likeness (QED) is 0.814. The highest BCUT2D eigenvalue weighted by atomic mass is 35.5. The van der Waals surface area contributed by atoms with Gasteiger partial charge in [0.05, 0.1) is 20.0 Å². The summed E-state index contributed by atoms with van der Waals surface area (Å²) in [5.74, 6) is 0.668. The van der Waals surface area contributed by atoms with E-state index < -0.39 is 0 Å². The maximum Gasteiger partial charge on any atom is 0.255 e. The Morgan fingerprint density at radius 3 is 2.78 bits per heavy atom. The number of halogens is 2. The number of hydrogen-bond donors (Lipinski definition) is 0. The first-order valence-electron chi connectivity index (χ1n) is 5.14. The van der Waals surface area contributed by atoms with Crippen LogP contribution in [0.2, 0.25) is 10.2 Å². The number of ether oxygens (including phenoxy) is 1. The number of hydrogen-bond acceptors (Lipinski definition) is 3. The van der Waals surface area contributed by atoms with E-state index in [1.165, 1.54) is 17.0 Å². The molecule has 0 radical (unpaired) electrons. The molecule has 0 N–H and O–H groups in total. The van der Waals surface area contributed by atoms with Crippen molar-refractivity contribution in [2.45, 2.75) is 6.54 Å². The first-order valence-corrected chi connectivity index (χ1v) is 5.90. The lowest BCUT2D eigenvalue weighted by atomic mass is 10.2. The third-order valence-corrected chi connectivity index (χ3v) is 2.87. The molecule has 2 rings (SSSR count). The lowest BCUT2D eigenvalue weighted by molar-refractivity contribution is 0.408. The summed E-state index contributed by atoms with van der Waals surface area (Å²) in [6.45, 7) is 0.326. The molecule has 0 saturated heterocycles. The van der Waals surface area contributed by atoms with Crippen molar-refractivity contribution >= 4 is 23.2 Å². The highest BCUT2D eigenvalue weighted by Crippen LogP contribution is 2.23. The highest BCUT2D eigenvalue weighted by molar-refractivity contribution is 6.30. The predicted octanol–water partition coefficient (Wildman–Crippen LogP) is 2.61. The summed E-state index contributed by atoms with van der Waals surface area (Å²) >= 11 is 11.6. The van der Waals surface area contributed by atoms with Crippen molar-refractivity contribution in [2.75, 3.05) is 7.11 Å². The number of benzene rings is 1. The minimum atomic E-state index is -0.225. The zero-order valence-corrected chi connectivity index (χ0v) is 11.1. The highest BCUT2D eigenvalue weighted by Gasteiger charge is 2.06. The monoisotopic (exact) mass is 284 g/mol. The lowest BCUT2D eigenvalue weighted by Gasteiger charge is -2.10. The van der Waals surface area contributed by atoms with Crippen molar-refractivity contribution in [3.05, 3.63) is 56.7 Å². The Bertz CT molecular complexity index is 626. The van der Waals surface area contributed by atoms with Gasteiger partial charge in [-0.2, -0.15) is 0 Å². The van der Waals surface area contributed by atoms with E-state index in [1.54, 1.807) is 25.3 Å². The molecule has 4 nitrogen and oxygen atoms in total. The fraction of sp³-hybridized carbons (Fsp3) is 0.167. The van der Waals surface area contributed by atoms with Crippen molar-refractivity contribution in [3.63, 3.8) is 0 Å². The van der Waals surface area contributed by atoms with Crippen LogP contribution >= 0.6 is 23.2 Å². The molecule has 0 saturated carbocycles. The van der Waals surface area contributed by atoms with Gasteiger partial charge in [0, 0.05) is 16.7 Å². The molecule has 0 amide bonds. The van der Waals surface area contributed by atoms with E-state index in [0.717, 1.165) is 5.56 Å². The second-order valence-corrected chi connectivity index (χ2v) is 4.46. The molecule has 0 aliphatic rings. The molecule has 6 heteroatoms. The molecule has 1 aromatic carbocycles. The standard InChI is InChI=1S/C12H10Cl2N2O2/c1-18-10-3-2-9(13)4-8(10)6-16-7-15-11(14)5-12(16)17/h2-5,7H,6H2,1H3. The molecule has 2 aromatic rings. The minimum absolute atomic E-state index is 0.175. The van der Waals surface area contributed by atoms with E-state index >= 15 is 0 Å². The molecule has 0 fully saturated rings. The van der Waals surface area contributed by atoms with Crippen molar-refractivity contribution < 1.29 is 4.74 Å². The molecule has 0 bridgehead atoms. The maximum absolute atomic E-state index is 11.7. The Morgan fingerprint density at radius 2 is 2.11 bits per heavy atom. The SMILES string of the molecule is COc1ccc(Cl)cc1Cn1cnc(Cl)cc1=O. The topological polar surface area (TPSA) is 44.1 Å². The molecule has 18 heavy (non-hydrogen) atoms. The molecule has 0 atom stereocenters. The van der Waals surface area contributed by atoms with Crippen LogP contribution in [0.3, 0.4) is 0 Å². The molecule has 0 unspecified atom stereocenters. The molecule has 94 valence electrons. The van der Waals surface area contributed by atoms with E-state index in [4.69, 9.17) is 27.9 Å². The van der Waals surface area contributed by atoms with Crippen molar-refractivity contribution in [1.82, 2.24) is 9.55 Å². The first-order chi connectivity index (χ1) is 8.60. The van der Waals surface area contributed by atoms with Crippen molar-refractivity contribution in [2.24, 2.45) is 0 Å². The third kappa shape index (κ3) is 2.83. The number of methoxy groups -OCH3 is 1. The summed E-state index contributed by atoms with van der Waals surface area (Å²) in [5.41, 5.74) is 0.577. The summed E-state index contributed by atoms with van der Waals surface area (Å²) in [6.07, 6.45) is 1.39. The van der Waals surface area contributed by atoms with E-state index in [-0.39, 0.29) is 10.7 Å². The molecule has 0 spiro atoms. The van der Waals surface area contributed by atoms with Crippen LogP contribution in [0, 0.1) is 0 Å². The molecule has 1 aromatic heterocycles. The van der Waals surface area contributed by atoms with Crippen LogP contribution in [0.15, 0.2) is 35.4 Å². The van der Waals surface area contributed by atoms with Crippen molar-refractivity contribution in [1.29, 1.82) is 0 Å². The number of nitrogens with zero attached hydrogens (tertiary/aromatic N) is 2. The summed E-state index contributed by atoms with van der Waals surface area (Å²) in [4.78, 5) is 15.6. The third-order valence-electron chi connectivity index (χ3n) is 2.43. The maximum atomic E-state index is 11.7. The van der Waals surface area contributed by atoms with Crippen molar-refractivity contribution in [3.8, 4) is 5.75 Å². The Hall–Kier alpha value is -1.52. The van der Waals surface area contributed by atoms with E-state index in [2.05, 4.69) is 4.98 Å². The smallest absolute Gasteiger partial charge is 0.255 e. The Balaban J connectivity index is 2.39. The second-order valence-electron chi connectivity index (χ2n) is 3.63. The fourth-order valence-corrected chi connectivity index (χ4v) is 1.91. The van der Waals surface area contributed by atoms with Crippen LogP contribution in [0.5, 0.6) is 5.75 Å². The summed E-state index contributed by atoms with van der Waals surface area (Å²) in [7, 11) is 1.57. The average Bonchev–Trinajstić information content (AvgIpc) is 2.33. The van der Waals surface area contributed by atoms with E-state index in [0.29, 0.717) is 17.3 Å². The van der Waals surface area contributed by atoms with Gasteiger partial charge in [0.15, 0.2) is 0 Å². The van der Waals surface area contributed by atoms with Gasteiger partial charge in [-0.05, 0) is 18.2 Å². The molecule has 0 aliphatic heterocycles. The molecular formula is C12H10Cl2N2O2. The van der Waals surface area contributed by atoms with Crippen LogP contribution in [0.1, 0.15) is 5.56 Å². The van der Waals surface area contributed by atoms with Crippen LogP contribution in [0.25, 0.3) is 0 Å². The predicted molar refractivity (Wildman–Crippen MR) is 70.6 cm³/mol. The Kier molecular flexibility index (Phi) is 3.89. The number of rotatable bonds is 3. The lowest BCUT2D eigenvalue weighted by Crippen LogP contribution is -2.20. The van der Waals surface area contributed by atoms with E-state index in [1.807, 2.05) is 0 Å². The summed E-state index contributed by atoms with van der Waals surface area (Å²) < 4.78 is 6.65. The Labute approximate surface area is 114 Å².